The minimum atomic E-state index is -0.564. The largest absolute Gasteiger partial charge is 0.457 e. The van der Waals surface area contributed by atoms with Gasteiger partial charge in [0, 0.05) is 44.5 Å². The van der Waals surface area contributed by atoms with Crippen LogP contribution in [-0.2, 0) is 5.41 Å². The van der Waals surface area contributed by atoms with Crippen molar-refractivity contribution in [3.8, 4) is 44.9 Å². The second-order valence-electron chi connectivity index (χ2n) is 15.2. The molecule has 10 aromatic rings. The zero-order valence-electron chi connectivity index (χ0n) is 31.5. The Kier molecular flexibility index (Phi) is 7.14. The minimum Gasteiger partial charge on any atom is -0.457 e. The molecule has 1 aromatic heterocycles. The van der Waals surface area contributed by atoms with E-state index in [1.165, 1.54) is 33.4 Å². The van der Waals surface area contributed by atoms with Crippen LogP contribution in [0.5, 0.6) is 11.5 Å². The minimum absolute atomic E-state index is 0.564. The van der Waals surface area contributed by atoms with Gasteiger partial charge in [-0.1, -0.05) is 158 Å². The van der Waals surface area contributed by atoms with Crippen molar-refractivity contribution in [2.24, 2.45) is 0 Å². The van der Waals surface area contributed by atoms with Crippen LogP contribution in [0.3, 0.4) is 0 Å². The zero-order chi connectivity index (χ0) is 38.2. The molecule has 12 rings (SSSR count). The van der Waals surface area contributed by atoms with Gasteiger partial charge in [0.15, 0.2) is 0 Å². The highest BCUT2D eigenvalue weighted by Crippen LogP contribution is 2.62. The second-order valence-corrected chi connectivity index (χ2v) is 15.2. The topological polar surface area (TPSA) is 25.6 Å². The standard InChI is InChI=1S/C55H35NO2/c1-2-13-36(14-3-1)37-25-29-39(30-26-37)56(40-31-27-38(28-32-40)42-17-12-18-46-45-16-5-9-22-51(45)58-54(42)46)41-33-34-44-43-15-4-6-19-47(43)55(50(44)35-41)48-20-7-10-23-52(48)57-53-24-11-8-21-49(53)55/h1-35H. The lowest BCUT2D eigenvalue weighted by atomic mass is 9.66. The van der Waals surface area contributed by atoms with E-state index >= 15 is 0 Å². The molecule has 272 valence electrons. The molecule has 3 nitrogen and oxygen atoms in total. The number of rotatable bonds is 5. The molecule has 0 N–H and O–H groups in total. The fourth-order valence-corrected chi connectivity index (χ4v) is 9.63. The summed E-state index contributed by atoms with van der Waals surface area (Å²) in [5.41, 5.74) is 16.3. The van der Waals surface area contributed by atoms with Crippen molar-refractivity contribution in [2.45, 2.75) is 5.41 Å². The van der Waals surface area contributed by atoms with E-state index < -0.39 is 5.41 Å². The third-order valence-corrected chi connectivity index (χ3v) is 12.2. The van der Waals surface area contributed by atoms with Crippen molar-refractivity contribution in [2.75, 3.05) is 4.90 Å². The molecule has 0 radical (unpaired) electrons. The fourth-order valence-electron chi connectivity index (χ4n) is 9.63. The van der Waals surface area contributed by atoms with Crippen LogP contribution in [0.1, 0.15) is 22.3 Å². The highest BCUT2D eigenvalue weighted by atomic mass is 16.5. The maximum Gasteiger partial charge on any atom is 0.143 e. The molecular formula is C55H35NO2. The molecule has 1 aliphatic heterocycles. The Morgan fingerprint density at radius 2 is 0.879 bits per heavy atom. The Morgan fingerprint density at radius 3 is 1.62 bits per heavy atom. The lowest BCUT2D eigenvalue weighted by Crippen LogP contribution is -2.32. The molecule has 9 aromatic carbocycles. The SMILES string of the molecule is c1ccc(-c2ccc(N(c3ccc(-c4cccc5c4oc4ccccc45)cc3)c3ccc4c(c3)C3(c5ccccc5Oc5ccccc53)c3ccccc3-4)cc2)cc1. The van der Waals surface area contributed by atoms with E-state index in [9.17, 15) is 0 Å². The first-order chi connectivity index (χ1) is 28.8. The van der Waals surface area contributed by atoms with Crippen LogP contribution < -0.4 is 9.64 Å². The van der Waals surface area contributed by atoms with Crippen molar-refractivity contribution in [1.29, 1.82) is 0 Å². The number of para-hydroxylation sites is 4. The van der Waals surface area contributed by atoms with Gasteiger partial charge in [-0.3, -0.25) is 0 Å². The van der Waals surface area contributed by atoms with E-state index in [1.807, 2.05) is 12.1 Å². The summed E-state index contributed by atoms with van der Waals surface area (Å²) in [6.45, 7) is 0. The van der Waals surface area contributed by atoms with E-state index in [0.717, 1.165) is 72.8 Å². The van der Waals surface area contributed by atoms with Crippen LogP contribution in [0.4, 0.5) is 17.1 Å². The van der Waals surface area contributed by atoms with Gasteiger partial charge in [-0.15, -0.1) is 0 Å². The van der Waals surface area contributed by atoms with Gasteiger partial charge in [0.05, 0.1) is 5.41 Å². The number of benzene rings is 9. The van der Waals surface area contributed by atoms with Crippen LogP contribution in [0, 0.1) is 0 Å². The number of fused-ring (bicyclic) bond motifs is 12. The molecule has 0 unspecified atom stereocenters. The highest BCUT2D eigenvalue weighted by Gasteiger charge is 2.51. The van der Waals surface area contributed by atoms with Crippen LogP contribution >= 0.6 is 0 Å². The molecule has 58 heavy (non-hydrogen) atoms. The summed E-state index contributed by atoms with van der Waals surface area (Å²) in [4.78, 5) is 2.38. The molecule has 0 bridgehead atoms. The van der Waals surface area contributed by atoms with Crippen LogP contribution in [-0.4, -0.2) is 0 Å². The molecule has 2 heterocycles. The molecule has 2 aliphatic rings. The van der Waals surface area contributed by atoms with Gasteiger partial charge < -0.3 is 14.1 Å². The number of anilines is 3. The average Bonchev–Trinajstić information content (AvgIpc) is 3.81. The summed E-state index contributed by atoms with van der Waals surface area (Å²) in [7, 11) is 0. The van der Waals surface area contributed by atoms with Gasteiger partial charge in [-0.2, -0.15) is 0 Å². The Labute approximate surface area is 336 Å². The lowest BCUT2D eigenvalue weighted by molar-refractivity contribution is 0.436. The third kappa shape index (κ3) is 4.74. The van der Waals surface area contributed by atoms with Crippen molar-refractivity contribution in [3.05, 3.63) is 235 Å². The Balaban J connectivity index is 1.05. The number of ether oxygens (including phenoxy) is 1. The first-order valence-corrected chi connectivity index (χ1v) is 19.8. The number of furan rings is 1. The molecule has 0 atom stereocenters. The maximum atomic E-state index is 6.63. The Hall–Kier alpha value is -7.62. The molecular weight excluding hydrogens is 707 g/mol. The van der Waals surface area contributed by atoms with Crippen molar-refractivity contribution in [1.82, 2.24) is 0 Å². The Morgan fingerprint density at radius 1 is 0.345 bits per heavy atom. The quantitative estimate of drug-likeness (QED) is 0.176. The second kappa shape index (κ2) is 12.7. The van der Waals surface area contributed by atoms with Gasteiger partial charge in [0.1, 0.15) is 22.7 Å². The van der Waals surface area contributed by atoms with Gasteiger partial charge in [-0.25, -0.2) is 0 Å². The number of nitrogens with zero attached hydrogens (tertiary/aromatic N) is 1. The predicted molar refractivity (Wildman–Crippen MR) is 237 cm³/mol. The summed E-state index contributed by atoms with van der Waals surface area (Å²) < 4.78 is 13.1. The normalized spacial score (nSPS) is 13.1. The summed E-state index contributed by atoms with van der Waals surface area (Å²) in [5.74, 6) is 1.77. The van der Waals surface area contributed by atoms with Crippen LogP contribution in [0.15, 0.2) is 217 Å². The van der Waals surface area contributed by atoms with Gasteiger partial charge >= 0.3 is 0 Å². The fraction of sp³-hybridized carbons (Fsp3) is 0.0182. The Bertz CT molecular complexity index is 3150. The van der Waals surface area contributed by atoms with E-state index in [0.29, 0.717) is 0 Å². The first-order valence-electron chi connectivity index (χ1n) is 19.8. The first kappa shape index (κ1) is 32.6. The van der Waals surface area contributed by atoms with Gasteiger partial charge in [-0.05, 0) is 93.5 Å². The summed E-state index contributed by atoms with van der Waals surface area (Å²) in [6.07, 6.45) is 0. The maximum absolute atomic E-state index is 6.63. The summed E-state index contributed by atoms with van der Waals surface area (Å²) in [5, 5.41) is 2.26. The van der Waals surface area contributed by atoms with E-state index in [-0.39, 0.29) is 0 Å². The highest BCUT2D eigenvalue weighted by molar-refractivity contribution is 6.09. The molecule has 3 heteroatoms. The molecule has 0 amide bonds. The van der Waals surface area contributed by atoms with Crippen molar-refractivity contribution >= 4 is 39.0 Å². The molecule has 0 saturated heterocycles. The van der Waals surface area contributed by atoms with Crippen molar-refractivity contribution in [3.63, 3.8) is 0 Å². The summed E-state index contributed by atoms with van der Waals surface area (Å²) >= 11 is 0. The zero-order valence-corrected chi connectivity index (χ0v) is 31.5. The van der Waals surface area contributed by atoms with E-state index in [2.05, 4.69) is 205 Å². The smallest absolute Gasteiger partial charge is 0.143 e. The van der Waals surface area contributed by atoms with Crippen molar-refractivity contribution < 1.29 is 9.15 Å². The van der Waals surface area contributed by atoms with Gasteiger partial charge in [0.2, 0.25) is 0 Å². The number of hydrogen-bond acceptors (Lipinski definition) is 3. The van der Waals surface area contributed by atoms with Gasteiger partial charge in [0.25, 0.3) is 0 Å². The number of hydrogen-bond donors (Lipinski definition) is 0. The van der Waals surface area contributed by atoms with E-state index in [1.54, 1.807) is 0 Å². The lowest BCUT2D eigenvalue weighted by Gasteiger charge is -2.39. The predicted octanol–water partition coefficient (Wildman–Crippen LogP) is 14.9. The average molecular weight is 742 g/mol. The monoisotopic (exact) mass is 741 g/mol. The summed E-state index contributed by atoms with van der Waals surface area (Å²) in [6, 6.07) is 76.1. The third-order valence-electron chi connectivity index (χ3n) is 12.2. The van der Waals surface area contributed by atoms with Crippen LogP contribution in [0.25, 0.3) is 55.3 Å². The van der Waals surface area contributed by atoms with E-state index in [4.69, 9.17) is 9.15 Å². The van der Waals surface area contributed by atoms with Crippen LogP contribution in [0.2, 0.25) is 0 Å². The molecule has 1 aliphatic carbocycles. The molecule has 0 saturated carbocycles. The molecule has 0 fully saturated rings. The molecule has 1 spiro atoms.